The molecule has 6 nitrogen and oxygen atoms in total. The van der Waals surface area contributed by atoms with E-state index in [2.05, 4.69) is 44.3 Å². The maximum Gasteiger partial charge on any atom is 0.252 e. The van der Waals surface area contributed by atoms with Gasteiger partial charge in [-0.2, -0.15) is 5.48 Å². The molecule has 2 heterocycles. The molecule has 1 aromatic carbocycles. The quantitative estimate of drug-likeness (QED) is 0.584. The number of amides is 1. The lowest BCUT2D eigenvalue weighted by Crippen LogP contribution is -2.45. The summed E-state index contributed by atoms with van der Waals surface area (Å²) in [4.78, 5) is 19.4. The molecule has 1 unspecified atom stereocenters. The number of fused-ring (bicyclic) bond motifs is 3. The summed E-state index contributed by atoms with van der Waals surface area (Å²) in [6, 6.07) is 10.6. The van der Waals surface area contributed by atoms with Crippen LogP contribution in [-0.4, -0.2) is 37.6 Å². The SMILES string of the molecule is CC(C)(C)[Si](C)(C)OCCN1C(=O)C(NO)c2ccccc2-c2cccnc21. The third-order valence-electron chi connectivity index (χ3n) is 5.83. The van der Waals surface area contributed by atoms with Crippen molar-refractivity contribution in [3.8, 4) is 11.1 Å². The molecule has 1 aliphatic rings. The van der Waals surface area contributed by atoms with E-state index < -0.39 is 14.4 Å². The van der Waals surface area contributed by atoms with Gasteiger partial charge in [-0.15, -0.1) is 0 Å². The number of anilines is 1. The van der Waals surface area contributed by atoms with E-state index in [4.69, 9.17) is 4.43 Å². The molecular formula is C21H29N3O3Si. The standard InChI is InChI=1S/C21H29N3O3Si/c1-21(2,3)28(4,5)27-14-13-24-19-17(11-8-12-22-19)15-9-6-7-10-16(15)18(23-26)20(24)25/h6-12,18,23,26H,13-14H2,1-5H3. The first-order valence-corrected chi connectivity index (χ1v) is 12.5. The van der Waals surface area contributed by atoms with Crippen LogP contribution in [0.1, 0.15) is 32.4 Å². The zero-order valence-corrected chi connectivity index (χ0v) is 18.2. The molecule has 0 aliphatic carbocycles. The van der Waals surface area contributed by atoms with Gasteiger partial charge in [0.05, 0.1) is 6.61 Å². The Morgan fingerprint density at radius 2 is 1.86 bits per heavy atom. The molecule has 7 heteroatoms. The summed E-state index contributed by atoms with van der Waals surface area (Å²) in [6.45, 7) is 11.8. The average molecular weight is 400 g/mol. The Hall–Kier alpha value is -2.06. The van der Waals surface area contributed by atoms with Gasteiger partial charge in [0.1, 0.15) is 11.9 Å². The van der Waals surface area contributed by atoms with Crippen molar-refractivity contribution in [2.75, 3.05) is 18.1 Å². The van der Waals surface area contributed by atoms with E-state index in [9.17, 15) is 10.0 Å². The molecule has 1 amide bonds. The molecule has 0 spiro atoms. The highest BCUT2D eigenvalue weighted by Gasteiger charge is 2.38. The Balaban J connectivity index is 1.95. The van der Waals surface area contributed by atoms with Crippen LogP contribution >= 0.6 is 0 Å². The maximum absolute atomic E-state index is 13.3. The second kappa shape index (κ2) is 7.75. The Labute approximate surface area is 167 Å². The fraction of sp³-hybridized carbons (Fsp3) is 0.429. The van der Waals surface area contributed by atoms with Gasteiger partial charge in [-0.25, -0.2) is 4.98 Å². The normalized spacial score (nSPS) is 17.1. The minimum absolute atomic E-state index is 0.0946. The van der Waals surface area contributed by atoms with E-state index in [1.54, 1.807) is 11.1 Å². The van der Waals surface area contributed by atoms with Crippen LogP contribution in [0.5, 0.6) is 0 Å². The molecule has 2 N–H and O–H groups in total. The van der Waals surface area contributed by atoms with Crippen LogP contribution in [0.15, 0.2) is 42.6 Å². The Morgan fingerprint density at radius 3 is 2.54 bits per heavy atom. The van der Waals surface area contributed by atoms with Crippen molar-refractivity contribution < 1.29 is 14.4 Å². The summed E-state index contributed by atoms with van der Waals surface area (Å²) in [6.07, 6.45) is 1.68. The number of pyridine rings is 1. The first-order valence-electron chi connectivity index (χ1n) is 9.56. The smallest absolute Gasteiger partial charge is 0.252 e. The molecule has 2 aromatic rings. The van der Waals surface area contributed by atoms with E-state index in [1.807, 2.05) is 36.4 Å². The summed E-state index contributed by atoms with van der Waals surface area (Å²) in [5, 5.41) is 9.84. The van der Waals surface area contributed by atoms with Gasteiger partial charge in [0.15, 0.2) is 8.32 Å². The van der Waals surface area contributed by atoms with Crippen LogP contribution in [0.2, 0.25) is 18.1 Å². The number of nitrogens with one attached hydrogen (secondary N) is 1. The summed E-state index contributed by atoms with van der Waals surface area (Å²) >= 11 is 0. The number of hydroxylamine groups is 1. The third-order valence-corrected chi connectivity index (χ3v) is 10.4. The molecule has 0 radical (unpaired) electrons. The summed E-state index contributed by atoms with van der Waals surface area (Å²) in [7, 11) is -1.93. The predicted molar refractivity (Wildman–Crippen MR) is 113 cm³/mol. The lowest BCUT2D eigenvalue weighted by atomic mass is 9.97. The number of carbonyl (C=O) groups excluding carboxylic acids is 1. The molecule has 0 saturated heterocycles. The molecule has 0 fully saturated rings. The number of hydrogen-bond donors (Lipinski definition) is 2. The molecule has 0 bridgehead atoms. The highest BCUT2D eigenvalue weighted by atomic mass is 28.4. The summed E-state index contributed by atoms with van der Waals surface area (Å²) in [5.74, 6) is 0.350. The molecule has 1 atom stereocenters. The monoisotopic (exact) mass is 399 g/mol. The van der Waals surface area contributed by atoms with Gasteiger partial charge in [-0.05, 0) is 41.4 Å². The number of nitrogens with zero attached hydrogens (tertiary/aromatic N) is 2. The maximum atomic E-state index is 13.3. The summed E-state index contributed by atoms with van der Waals surface area (Å²) in [5.41, 5.74) is 4.69. The summed E-state index contributed by atoms with van der Waals surface area (Å²) < 4.78 is 6.28. The molecule has 3 rings (SSSR count). The fourth-order valence-corrected chi connectivity index (χ4v) is 4.19. The second-order valence-electron chi connectivity index (χ2n) is 8.62. The van der Waals surface area contributed by atoms with Gasteiger partial charge in [-0.3, -0.25) is 9.69 Å². The number of aromatic nitrogens is 1. The van der Waals surface area contributed by atoms with Gasteiger partial charge in [0.25, 0.3) is 5.91 Å². The highest BCUT2D eigenvalue weighted by Crippen LogP contribution is 2.39. The zero-order valence-electron chi connectivity index (χ0n) is 17.2. The predicted octanol–water partition coefficient (Wildman–Crippen LogP) is 4.14. The molecule has 1 aliphatic heterocycles. The first-order chi connectivity index (χ1) is 13.2. The van der Waals surface area contributed by atoms with E-state index in [-0.39, 0.29) is 10.9 Å². The fourth-order valence-electron chi connectivity index (χ4n) is 3.16. The minimum atomic E-state index is -1.93. The first kappa shape index (κ1) is 20.7. The van der Waals surface area contributed by atoms with E-state index in [0.29, 0.717) is 19.0 Å². The average Bonchev–Trinajstić information content (AvgIpc) is 2.74. The van der Waals surface area contributed by atoms with Crippen molar-refractivity contribution in [1.29, 1.82) is 0 Å². The third kappa shape index (κ3) is 3.75. The molecule has 28 heavy (non-hydrogen) atoms. The number of carbonyl (C=O) groups is 1. The molecule has 150 valence electrons. The zero-order chi connectivity index (χ0) is 20.5. The lowest BCUT2D eigenvalue weighted by molar-refractivity contribution is -0.123. The Morgan fingerprint density at radius 1 is 1.18 bits per heavy atom. The van der Waals surface area contributed by atoms with Crippen LogP contribution < -0.4 is 10.4 Å². The van der Waals surface area contributed by atoms with Crippen molar-refractivity contribution in [3.63, 3.8) is 0 Å². The van der Waals surface area contributed by atoms with Crippen LogP contribution in [0.4, 0.5) is 5.82 Å². The van der Waals surface area contributed by atoms with Crippen LogP contribution in [0.3, 0.4) is 0 Å². The van der Waals surface area contributed by atoms with Gasteiger partial charge < -0.3 is 9.63 Å². The largest absolute Gasteiger partial charge is 0.415 e. The van der Waals surface area contributed by atoms with Crippen molar-refractivity contribution in [3.05, 3.63) is 48.2 Å². The highest BCUT2D eigenvalue weighted by molar-refractivity contribution is 6.74. The van der Waals surface area contributed by atoms with Crippen molar-refractivity contribution >= 4 is 20.0 Å². The van der Waals surface area contributed by atoms with Crippen LogP contribution in [0.25, 0.3) is 11.1 Å². The van der Waals surface area contributed by atoms with E-state index in [0.717, 1.165) is 16.7 Å². The van der Waals surface area contributed by atoms with Gasteiger partial charge >= 0.3 is 0 Å². The Kier molecular flexibility index (Phi) is 5.72. The van der Waals surface area contributed by atoms with Crippen molar-refractivity contribution in [1.82, 2.24) is 10.5 Å². The van der Waals surface area contributed by atoms with Crippen LogP contribution in [-0.2, 0) is 9.22 Å². The van der Waals surface area contributed by atoms with Crippen molar-refractivity contribution in [2.24, 2.45) is 0 Å². The van der Waals surface area contributed by atoms with Crippen molar-refractivity contribution in [2.45, 2.75) is 44.9 Å². The van der Waals surface area contributed by atoms with E-state index >= 15 is 0 Å². The number of rotatable bonds is 5. The lowest BCUT2D eigenvalue weighted by Gasteiger charge is -2.37. The van der Waals surface area contributed by atoms with Crippen LogP contribution in [0, 0.1) is 0 Å². The minimum Gasteiger partial charge on any atom is -0.415 e. The number of hydrogen-bond acceptors (Lipinski definition) is 5. The second-order valence-corrected chi connectivity index (χ2v) is 13.4. The van der Waals surface area contributed by atoms with Gasteiger partial charge in [0.2, 0.25) is 0 Å². The van der Waals surface area contributed by atoms with Gasteiger partial charge in [-0.1, -0.05) is 45.0 Å². The van der Waals surface area contributed by atoms with E-state index in [1.165, 1.54) is 0 Å². The number of benzene rings is 1. The van der Waals surface area contributed by atoms with Gasteiger partial charge in [0, 0.05) is 18.3 Å². The topological polar surface area (TPSA) is 74.7 Å². The molecule has 0 saturated carbocycles. The molecular weight excluding hydrogens is 370 g/mol. The molecule has 1 aromatic heterocycles. The Bertz CT molecular complexity index is 864.